The molecule has 0 aliphatic carbocycles. The Morgan fingerprint density at radius 2 is 1.88 bits per heavy atom. The van der Waals surface area contributed by atoms with E-state index in [0.717, 1.165) is 5.56 Å². The molecule has 0 saturated heterocycles. The summed E-state index contributed by atoms with van der Waals surface area (Å²) >= 11 is 7.29. The van der Waals surface area contributed by atoms with E-state index in [9.17, 15) is 9.59 Å². The van der Waals surface area contributed by atoms with E-state index in [1.54, 1.807) is 18.2 Å². The Kier molecular flexibility index (Phi) is 5.40. The molecule has 0 bridgehead atoms. The summed E-state index contributed by atoms with van der Waals surface area (Å²) in [6.07, 6.45) is -0.131. The van der Waals surface area contributed by atoms with Crippen molar-refractivity contribution in [2.45, 2.75) is 23.9 Å². The number of carbonyl (C=O) groups is 1. The number of fused-ring (bicyclic) bond motifs is 1. The topological polar surface area (TPSA) is 72.2 Å². The van der Waals surface area contributed by atoms with Gasteiger partial charge in [0.05, 0.1) is 17.3 Å². The van der Waals surface area contributed by atoms with Crippen molar-refractivity contribution in [3.8, 4) is 0 Å². The normalized spacial score (nSPS) is 10.9. The van der Waals surface area contributed by atoms with Crippen LogP contribution < -0.4 is 5.56 Å². The third-order valence-corrected chi connectivity index (χ3v) is 4.96. The summed E-state index contributed by atoms with van der Waals surface area (Å²) in [5.41, 5.74) is 1.43. The number of carboxylic acid groups (broad SMARTS) is 1. The highest BCUT2D eigenvalue weighted by Crippen LogP contribution is 2.23. The predicted molar refractivity (Wildman–Crippen MR) is 99.3 cm³/mol. The van der Waals surface area contributed by atoms with Crippen LogP contribution in [-0.2, 0) is 17.1 Å². The number of aromatic nitrogens is 2. The van der Waals surface area contributed by atoms with Crippen LogP contribution in [0.5, 0.6) is 0 Å². The number of hydrogen-bond acceptors (Lipinski definition) is 4. The van der Waals surface area contributed by atoms with E-state index in [2.05, 4.69) is 4.98 Å². The number of carboxylic acids is 1. The lowest BCUT2D eigenvalue weighted by Gasteiger charge is -2.12. The Hall–Kier alpha value is -2.31. The fraction of sp³-hybridized carbons (Fsp3) is 0.167. The highest BCUT2D eigenvalue weighted by atomic mass is 35.5. The average Bonchev–Trinajstić information content (AvgIpc) is 2.60. The van der Waals surface area contributed by atoms with Crippen molar-refractivity contribution in [2.24, 2.45) is 0 Å². The van der Waals surface area contributed by atoms with Crippen molar-refractivity contribution < 1.29 is 9.90 Å². The minimum Gasteiger partial charge on any atom is -0.481 e. The third-order valence-electron chi connectivity index (χ3n) is 3.66. The predicted octanol–water partition coefficient (Wildman–Crippen LogP) is 3.82. The summed E-state index contributed by atoms with van der Waals surface area (Å²) < 4.78 is 1.44. The summed E-state index contributed by atoms with van der Waals surface area (Å²) in [4.78, 5) is 28.2. The lowest BCUT2D eigenvalue weighted by molar-refractivity contribution is -0.137. The van der Waals surface area contributed by atoms with Crippen molar-refractivity contribution >= 4 is 40.2 Å². The Labute approximate surface area is 153 Å². The first-order chi connectivity index (χ1) is 12.0. The molecule has 0 saturated carbocycles. The lowest BCUT2D eigenvalue weighted by Crippen LogP contribution is -2.24. The van der Waals surface area contributed by atoms with Gasteiger partial charge in [0.2, 0.25) is 0 Å². The molecule has 0 aliphatic rings. The number of rotatable bonds is 6. The summed E-state index contributed by atoms with van der Waals surface area (Å²) in [6, 6.07) is 14.5. The smallest absolute Gasteiger partial charge is 0.305 e. The second-order valence-corrected chi connectivity index (χ2v) is 6.81. The van der Waals surface area contributed by atoms with Crippen LogP contribution in [-0.4, -0.2) is 20.6 Å². The number of hydrogen-bond donors (Lipinski definition) is 1. The molecule has 2 aromatic carbocycles. The van der Waals surface area contributed by atoms with Crippen LogP contribution in [0.2, 0.25) is 5.02 Å². The summed E-state index contributed by atoms with van der Waals surface area (Å²) in [5.74, 6) is -0.344. The fourth-order valence-electron chi connectivity index (χ4n) is 2.39. The van der Waals surface area contributed by atoms with E-state index >= 15 is 0 Å². The summed E-state index contributed by atoms with van der Waals surface area (Å²) in [7, 11) is 0. The molecule has 7 heteroatoms. The maximum absolute atomic E-state index is 12.7. The molecule has 3 aromatic rings. The average molecular weight is 375 g/mol. The van der Waals surface area contributed by atoms with Crippen LogP contribution in [0.25, 0.3) is 10.9 Å². The molecule has 0 fully saturated rings. The third kappa shape index (κ3) is 4.21. The van der Waals surface area contributed by atoms with Gasteiger partial charge in [-0.2, -0.15) is 0 Å². The van der Waals surface area contributed by atoms with Gasteiger partial charge in [-0.1, -0.05) is 47.6 Å². The molecular weight excluding hydrogens is 360 g/mol. The number of nitrogens with zero attached hydrogens (tertiary/aromatic N) is 2. The van der Waals surface area contributed by atoms with Crippen LogP contribution in [0.4, 0.5) is 0 Å². The quantitative estimate of drug-likeness (QED) is 0.524. The zero-order chi connectivity index (χ0) is 17.8. The zero-order valence-corrected chi connectivity index (χ0v) is 14.8. The first kappa shape index (κ1) is 17.5. The number of thioether (sulfide) groups is 1. The van der Waals surface area contributed by atoms with Gasteiger partial charge in [-0.15, -0.1) is 0 Å². The molecular formula is C18H15ClN2O3S. The van der Waals surface area contributed by atoms with Crippen molar-refractivity contribution in [2.75, 3.05) is 0 Å². The van der Waals surface area contributed by atoms with Crippen molar-refractivity contribution in [1.29, 1.82) is 0 Å². The van der Waals surface area contributed by atoms with Crippen molar-refractivity contribution in [1.82, 2.24) is 9.55 Å². The van der Waals surface area contributed by atoms with Gasteiger partial charge >= 0.3 is 5.97 Å². The number of halogens is 1. The molecule has 128 valence electrons. The highest BCUT2D eigenvalue weighted by Gasteiger charge is 2.12. The summed E-state index contributed by atoms with van der Waals surface area (Å²) in [6.45, 7) is 0.0922. The Bertz CT molecular complexity index is 970. The summed E-state index contributed by atoms with van der Waals surface area (Å²) in [5, 5.41) is 10.6. The first-order valence-corrected chi connectivity index (χ1v) is 8.99. The van der Waals surface area contributed by atoms with Gasteiger partial charge in [0.15, 0.2) is 5.16 Å². The highest BCUT2D eigenvalue weighted by molar-refractivity contribution is 7.98. The molecule has 1 aromatic heterocycles. The van der Waals surface area contributed by atoms with E-state index in [1.807, 2.05) is 30.3 Å². The van der Waals surface area contributed by atoms with Crippen LogP contribution in [0, 0.1) is 0 Å². The molecule has 0 spiro atoms. The second-order valence-electron chi connectivity index (χ2n) is 5.43. The standard InChI is InChI=1S/C18H15ClN2O3S/c19-13-7-5-12(6-8-13)11-25-18-20-15-4-2-1-3-14(15)17(24)21(18)10-9-16(22)23/h1-8H,9-11H2,(H,22,23). The van der Waals surface area contributed by atoms with Gasteiger partial charge in [-0.05, 0) is 29.8 Å². The monoisotopic (exact) mass is 374 g/mol. The Morgan fingerprint density at radius 3 is 2.60 bits per heavy atom. The molecule has 5 nitrogen and oxygen atoms in total. The van der Waals surface area contributed by atoms with Gasteiger partial charge in [-0.25, -0.2) is 4.98 Å². The van der Waals surface area contributed by atoms with Gasteiger partial charge in [0.25, 0.3) is 5.56 Å². The van der Waals surface area contributed by atoms with Gasteiger partial charge in [-0.3, -0.25) is 14.2 Å². The van der Waals surface area contributed by atoms with E-state index in [0.29, 0.717) is 26.8 Å². The molecule has 1 N–H and O–H groups in total. The maximum Gasteiger partial charge on any atom is 0.305 e. The van der Waals surface area contributed by atoms with Gasteiger partial charge < -0.3 is 5.11 Å². The van der Waals surface area contributed by atoms with E-state index in [4.69, 9.17) is 16.7 Å². The van der Waals surface area contributed by atoms with E-state index in [-0.39, 0.29) is 18.5 Å². The SMILES string of the molecule is O=C(O)CCn1c(SCc2ccc(Cl)cc2)nc2ccccc2c1=O. The largest absolute Gasteiger partial charge is 0.481 e. The van der Waals surface area contributed by atoms with Gasteiger partial charge in [0, 0.05) is 17.3 Å². The van der Waals surface area contributed by atoms with Crippen LogP contribution in [0.1, 0.15) is 12.0 Å². The minimum atomic E-state index is -0.950. The molecule has 0 amide bonds. The van der Waals surface area contributed by atoms with Crippen LogP contribution in [0.3, 0.4) is 0 Å². The van der Waals surface area contributed by atoms with Crippen LogP contribution >= 0.6 is 23.4 Å². The molecule has 0 unspecified atom stereocenters. The van der Waals surface area contributed by atoms with Crippen molar-refractivity contribution in [3.05, 3.63) is 69.5 Å². The first-order valence-electron chi connectivity index (χ1n) is 7.63. The maximum atomic E-state index is 12.7. The molecule has 0 atom stereocenters. The van der Waals surface area contributed by atoms with Crippen LogP contribution in [0.15, 0.2) is 58.5 Å². The molecule has 0 radical (unpaired) electrons. The van der Waals surface area contributed by atoms with E-state index in [1.165, 1.54) is 16.3 Å². The fourth-order valence-corrected chi connectivity index (χ4v) is 3.50. The minimum absolute atomic E-state index is 0.0922. The molecule has 25 heavy (non-hydrogen) atoms. The van der Waals surface area contributed by atoms with Gasteiger partial charge in [0.1, 0.15) is 0 Å². The van der Waals surface area contributed by atoms with E-state index < -0.39 is 5.97 Å². The molecule has 3 rings (SSSR count). The molecule has 0 aliphatic heterocycles. The Balaban J connectivity index is 1.96. The Morgan fingerprint density at radius 1 is 1.16 bits per heavy atom. The number of para-hydroxylation sites is 1. The number of aliphatic carboxylic acids is 1. The second kappa shape index (κ2) is 7.72. The lowest BCUT2D eigenvalue weighted by atomic mass is 10.2. The number of benzene rings is 2. The molecule has 1 heterocycles. The van der Waals surface area contributed by atoms with Crippen molar-refractivity contribution in [3.63, 3.8) is 0 Å². The zero-order valence-electron chi connectivity index (χ0n) is 13.2.